The summed E-state index contributed by atoms with van der Waals surface area (Å²) in [6.07, 6.45) is 6.44. The van der Waals surface area contributed by atoms with E-state index in [4.69, 9.17) is 0 Å². The molecule has 1 aliphatic rings. The van der Waals surface area contributed by atoms with E-state index in [1.54, 1.807) is 11.6 Å². The topological polar surface area (TPSA) is 85.1 Å². The molecule has 3 heterocycles. The van der Waals surface area contributed by atoms with Gasteiger partial charge in [-0.25, -0.2) is 13.1 Å². The van der Waals surface area contributed by atoms with Gasteiger partial charge in [-0.15, -0.1) is 0 Å². The van der Waals surface area contributed by atoms with Crippen LogP contribution in [0.25, 0.3) is 0 Å². The van der Waals surface area contributed by atoms with Gasteiger partial charge >= 0.3 is 0 Å². The summed E-state index contributed by atoms with van der Waals surface area (Å²) in [5.41, 5.74) is 2.34. The summed E-state index contributed by atoms with van der Waals surface area (Å²) in [6.45, 7) is 4.59. The summed E-state index contributed by atoms with van der Waals surface area (Å²) in [6, 6.07) is 2.19. The van der Waals surface area contributed by atoms with Crippen molar-refractivity contribution < 1.29 is 8.42 Å². The highest BCUT2D eigenvalue weighted by atomic mass is 32.2. The molecule has 24 heavy (non-hydrogen) atoms. The molecule has 3 rings (SSSR count). The minimum Gasteiger partial charge on any atom is -0.291 e. The molecule has 0 radical (unpaired) electrons. The Balaban J connectivity index is 1.65. The van der Waals surface area contributed by atoms with Gasteiger partial charge in [0, 0.05) is 51.2 Å². The lowest BCUT2D eigenvalue weighted by molar-refractivity contribution is 0.162. The number of rotatable bonds is 7. The van der Waals surface area contributed by atoms with Gasteiger partial charge in [0.25, 0.3) is 0 Å². The number of fused-ring (bicyclic) bond motifs is 1. The molecule has 0 saturated heterocycles. The molecule has 0 spiro atoms. The normalized spacial score (nSPS) is 18.7. The third-order valence-corrected chi connectivity index (χ3v) is 5.70. The molecule has 2 aromatic rings. The molecule has 9 heteroatoms. The molecule has 2 aromatic heterocycles. The van der Waals surface area contributed by atoms with Crippen LogP contribution in [0.3, 0.4) is 0 Å². The Labute approximate surface area is 142 Å². The molecule has 1 atom stereocenters. The fraction of sp³-hybridized carbons (Fsp3) is 0.600. The molecule has 0 aromatic carbocycles. The van der Waals surface area contributed by atoms with E-state index < -0.39 is 10.0 Å². The van der Waals surface area contributed by atoms with Crippen LogP contribution < -0.4 is 4.72 Å². The van der Waals surface area contributed by atoms with E-state index in [-0.39, 0.29) is 11.8 Å². The fourth-order valence-electron chi connectivity index (χ4n) is 3.09. The number of aryl methyl sites for hydroxylation is 1. The lowest BCUT2D eigenvalue weighted by Gasteiger charge is -2.33. The molecule has 1 N–H and O–H groups in total. The SMILES string of the molecule is CCS(=O)(=O)NCCC1CN(Cc2cnn(C)c2)Cc2ccnn21. The molecular weight excluding hydrogens is 328 g/mol. The van der Waals surface area contributed by atoms with Crippen molar-refractivity contribution in [2.24, 2.45) is 7.05 Å². The van der Waals surface area contributed by atoms with E-state index >= 15 is 0 Å². The van der Waals surface area contributed by atoms with Crippen LogP contribution in [0.5, 0.6) is 0 Å². The highest BCUT2D eigenvalue weighted by Gasteiger charge is 2.25. The number of hydrogen-bond acceptors (Lipinski definition) is 5. The lowest BCUT2D eigenvalue weighted by Crippen LogP contribution is -2.39. The van der Waals surface area contributed by atoms with Crippen LogP contribution in [0.15, 0.2) is 24.7 Å². The minimum absolute atomic E-state index is 0.109. The molecule has 0 saturated carbocycles. The third kappa shape index (κ3) is 4.03. The Kier molecular flexibility index (Phi) is 5.02. The number of nitrogens with one attached hydrogen (secondary N) is 1. The smallest absolute Gasteiger partial charge is 0.211 e. The van der Waals surface area contributed by atoms with E-state index in [2.05, 4.69) is 19.8 Å². The first-order valence-electron chi connectivity index (χ1n) is 8.16. The summed E-state index contributed by atoms with van der Waals surface area (Å²) < 4.78 is 29.7. The Bertz CT molecular complexity index is 781. The molecule has 8 nitrogen and oxygen atoms in total. The highest BCUT2D eigenvalue weighted by Crippen LogP contribution is 2.24. The molecule has 1 unspecified atom stereocenters. The summed E-state index contributed by atoms with van der Waals surface area (Å²) in [4.78, 5) is 2.35. The third-order valence-electron chi connectivity index (χ3n) is 4.30. The van der Waals surface area contributed by atoms with Gasteiger partial charge in [0.1, 0.15) is 0 Å². The number of hydrogen-bond donors (Lipinski definition) is 1. The standard InChI is InChI=1S/C15H24N6O2S/c1-3-24(22,23)18-7-5-15-12-20(10-13-8-17-19(2)9-13)11-14-4-6-16-21(14)15/h4,6,8-9,15,18H,3,5,7,10-12H2,1-2H3. The molecule has 0 bridgehead atoms. The van der Waals surface area contributed by atoms with Crippen molar-refractivity contribution in [2.75, 3.05) is 18.8 Å². The van der Waals surface area contributed by atoms with Crippen molar-refractivity contribution in [3.05, 3.63) is 35.9 Å². The first-order chi connectivity index (χ1) is 11.5. The Morgan fingerprint density at radius 1 is 1.38 bits per heavy atom. The van der Waals surface area contributed by atoms with Crippen LogP contribution in [-0.2, 0) is 30.2 Å². The van der Waals surface area contributed by atoms with Gasteiger partial charge in [0.15, 0.2) is 0 Å². The van der Waals surface area contributed by atoms with E-state index in [1.807, 2.05) is 36.4 Å². The van der Waals surface area contributed by atoms with E-state index in [0.29, 0.717) is 6.54 Å². The Morgan fingerprint density at radius 3 is 2.92 bits per heavy atom. The van der Waals surface area contributed by atoms with Crippen LogP contribution >= 0.6 is 0 Å². The van der Waals surface area contributed by atoms with Crippen molar-refractivity contribution in [1.82, 2.24) is 29.2 Å². The van der Waals surface area contributed by atoms with Crippen molar-refractivity contribution in [3.8, 4) is 0 Å². The van der Waals surface area contributed by atoms with Gasteiger partial charge in [0.2, 0.25) is 10.0 Å². The van der Waals surface area contributed by atoms with Crippen LogP contribution in [0.2, 0.25) is 0 Å². The monoisotopic (exact) mass is 352 g/mol. The summed E-state index contributed by atoms with van der Waals surface area (Å²) in [7, 11) is -1.23. The van der Waals surface area contributed by atoms with Crippen molar-refractivity contribution in [2.45, 2.75) is 32.5 Å². The molecule has 1 aliphatic heterocycles. The maximum Gasteiger partial charge on any atom is 0.211 e. The molecule has 0 amide bonds. The average molecular weight is 352 g/mol. The second-order valence-electron chi connectivity index (χ2n) is 6.20. The van der Waals surface area contributed by atoms with E-state index in [0.717, 1.165) is 31.7 Å². The van der Waals surface area contributed by atoms with Crippen LogP contribution in [-0.4, -0.2) is 51.7 Å². The maximum absolute atomic E-state index is 11.6. The average Bonchev–Trinajstić information content (AvgIpc) is 3.16. The first kappa shape index (κ1) is 17.1. The van der Waals surface area contributed by atoms with Gasteiger partial charge in [-0.3, -0.25) is 14.3 Å². The van der Waals surface area contributed by atoms with Gasteiger partial charge in [-0.1, -0.05) is 0 Å². The number of sulfonamides is 1. The van der Waals surface area contributed by atoms with Crippen LogP contribution in [0.4, 0.5) is 0 Å². The predicted molar refractivity (Wildman–Crippen MR) is 90.7 cm³/mol. The quantitative estimate of drug-likeness (QED) is 0.784. The van der Waals surface area contributed by atoms with Gasteiger partial charge in [-0.2, -0.15) is 10.2 Å². The predicted octanol–water partition coefficient (Wildman–Crippen LogP) is 0.503. The Hall–Kier alpha value is -1.71. The van der Waals surface area contributed by atoms with E-state index in [9.17, 15) is 8.42 Å². The summed E-state index contributed by atoms with van der Waals surface area (Å²) >= 11 is 0. The van der Waals surface area contributed by atoms with Gasteiger partial charge in [-0.05, 0) is 19.4 Å². The zero-order valence-electron chi connectivity index (χ0n) is 14.1. The van der Waals surface area contributed by atoms with Gasteiger partial charge in [0.05, 0.1) is 23.7 Å². The molecular formula is C15H24N6O2S. The largest absolute Gasteiger partial charge is 0.291 e. The van der Waals surface area contributed by atoms with Crippen molar-refractivity contribution in [3.63, 3.8) is 0 Å². The minimum atomic E-state index is -3.15. The summed E-state index contributed by atoms with van der Waals surface area (Å²) in [5.74, 6) is 0.109. The lowest BCUT2D eigenvalue weighted by atomic mass is 10.1. The molecule has 0 fully saturated rings. The van der Waals surface area contributed by atoms with Gasteiger partial charge < -0.3 is 0 Å². The van der Waals surface area contributed by atoms with Crippen LogP contribution in [0, 0.1) is 0 Å². The van der Waals surface area contributed by atoms with Crippen LogP contribution in [0.1, 0.15) is 30.6 Å². The second kappa shape index (κ2) is 7.04. The molecule has 132 valence electrons. The van der Waals surface area contributed by atoms with Crippen molar-refractivity contribution in [1.29, 1.82) is 0 Å². The Morgan fingerprint density at radius 2 is 2.21 bits per heavy atom. The number of nitrogens with zero attached hydrogens (tertiary/aromatic N) is 5. The van der Waals surface area contributed by atoms with Crippen molar-refractivity contribution >= 4 is 10.0 Å². The molecule has 0 aliphatic carbocycles. The van der Waals surface area contributed by atoms with E-state index in [1.165, 1.54) is 5.56 Å². The second-order valence-corrected chi connectivity index (χ2v) is 8.29. The first-order valence-corrected chi connectivity index (χ1v) is 9.81. The fourth-order valence-corrected chi connectivity index (χ4v) is 3.73. The summed E-state index contributed by atoms with van der Waals surface area (Å²) in [5, 5.41) is 8.63. The maximum atomic E-state index is 11.6. The zero-order valence-corrected chi connectivity index (χ0v) is 14.9. The number of aromatic nitrogens is 4. The zero-order chi connectivity index (χ0) is 17.2. The highest BCUT2D eigenvalue weighted by molar-refractivity contribution is 7.89.